The van der Waals surface area contributed by atoms with Gasteiger partial charge in [-0.3, -0.25) is 0 Å². The second kappa shape index (κ2) is 4.97. The van der Waals surface area contributed by atoms with Gasteiger partial charge in [0, 0.05) is 12.7 Å². The van der Waals surface area contributed by atoms with Crippen molar-refractivity contribution in [1.29, 1.82) is 0 Å². The van der Waals surface area contributed by atoms with Crippen LogP contribution in [0.2, 0.25) is 0 Å². The van der Waals surface area contributed by atoms with E-state index in [0.717, 1.165) is 0 Å². The first kappa shape index (κ1) is 12.3. The number of carbonyl (C=O) groups is 1. The normalized spacial score (nSPS) is 10.6. The molecule has 0 aliphatic heterocycles. The molecule has 1 N–H and O–H groups in total. The van der Waals surface area contributed by atoms with E-state index in [2.05, 4.69) is 5.16 Å². The molecule has 94 valence electrons. The number of carboxylic acid groups (broad SMARTS) is 1. The fourth-order valence-corrected chi connectivity index (χ4v) is 1.58. The topological polar surface area (TPSA) is 72.6 Å². The Hall–Kier alpha value is -2.21. The van der Waals surface area contributed by atoms with Crippen LogP contribution in [-0.2, 0) is 11.3 Å². The van der Waals surface area contributed by atoms with Gasteiger partial charge in [0.2, 0.25) is 0 Å². The maximum Gasteiger partial charge on any atom is 0.341 e. The van der Waals surface area contributed by atoms with Crippen molar-refractivity contribution in [3.05, 3.63) is 41.4 Å². The Morgan fingerprint density at radius 2 is 2.11 bits per heavy atom. The quantitative estimate of drug-likeness (QED) is 0.902. The predicted molar refractivity (Wildman–Crippen MR) is 59.6 cm³/mol. The van der Waals surface area contributed by atoms with Crippen molar-refractivity contribution in [2.45, 2.75) is 6.61 Å². The lowest BCUT2D eigenvalue weighted by molar-refractivity contribution is 0.0688. The standard InChI is InChI=1S/C12H10FNO4/c1-17-6-9-10(12(15)16)11(14-18-9)7-2-4-8(13)5-3-7/h2-5H,6H2,1H3,(H,15,16). The Morgan fingerprint density at radius 3 is 2.67 bits per heavy atom. The number of ether oxygens (including phenoxy) is 1. The molecule has 0 radical (unpaired) electrons. The van der Waals surface area contributed by atoms with Crippen LogP contribution in [0.15, 0.2) is 28.8 Å². The molecule has 18 heavy (non-hydrogen) atoms. The number of aromatic nitrogens is 1. The molecule has 0 spiro atoms. The highest BCUT2D eigenvalue weighted by Crippen LogP contribution is 2.26. The molecule has 0 fully saturated rings. The van der Waals surface area contributed by atoms with Gasteiger partial charge in [-0.2, -0.15) is 0 Å². The molecule has 0 saturated carbocycles. The van der Waals surface area contributed by atoms with Crippen LogP contribution < -0.4 is 0 Å². The highest BCUT2D eigenvalue weighted by molar-refractivity contribution is 5.95. The van der Waals surface area contributed by atoms with Crippen molar-refractivity contribution in [1.82, 2.24) is 5.16 Å². The van der Waals surface area contributed by atoms with Crippen LogP contribution in [0.4, 0.5) is 4.39 Å². The van der Waals surface area contributed by atoms with Crippen LogP contribution in [-0.4, -0.2) is 23.3 Å². The van der Waals surface area contributed by atoms with E-state index in [4.69, 9.17) is 14.4 Å². The van der Waals surface area contributed by atoms with Gasteiger partial charge in [-0.1, -0.05) is 5.16 Å². The molecule has 6 heteroatoms. The Morgan fingerprint density at radius 1 is 1.44 bits per heavy atom. The summed E-state index contributed by atoms with van der Waals surface area (Å²) in [5, 5.41) is 12.8. The molecule has 0 aliphatic carbocycles. The number of benzene rings is 1. The van der Waals surface area contributed by atoms with E-state index in [1.54, 1.807) is 0 Å². The van der Waals surface area contributed by atoms with Gasteiger partial charge in [0.05, 0.1) is 0 Å². The fourth-order valence-electron chi connectivity index (χ4n) is 1.58. The maximum atomic E-state index is 12.8. The first-order valence-corrected chi connectivity index (χ1v) is 5.10. The Bertz CT molecular complexity index is 562. The van der Waals surface area contributed by atoms with Crippen molar-refractivity contribution >= 4 is 5.97 Å². The summed E-state index contributed by atoms with van der Waals surface area (Å²) >= 11 is 0. The van der Waals surface area contributed by atoms with E-state index in [1.165, 1.54) is 31.4 Å². The summed E-state index contributed by atoms with van der Waals surface area (Å²) in [7, 11) is 1.42. The SMILES string of the molecule is COCc1onc(-c2ccc(F)cc2)c1C(=O)O. The monoisotopic (exact) mass is 251 g/mol. The largest absolute Gasteiger partial charge is 0.477 e. The first-order chi connectivity index (χ1) is 8.63. The lowest BCUT2D eigenvalue weighted by Gasteiger charge is -1.99. The molecule has 0 unspecified atom stereocenters. The van der Waals surface area contributed by atoms with E-state index < -0.39 is 11.8 Å². The van der Waals surface area contributed by atoms with Gasteiger partial charge in [0.1, 0.15) is 23.7 Å². The second-order valence-electron chi connectivity index (χ2n) is 3.57. The Labute approximate surface area is 102 Å². The highest BCUT2D eigenvalue weighted by atomic mass is 19.1. The third kappa shape index (κ3) is 2.23. The molecule has 1 aromatic carbocycles. The smallest absolute Gasteiger partial charge is 0.341 e. The molecule has 0 amide bonds. The van der Waals surface area contributed by atoms with Crippen molar-refractivity contribution < 1.29 is 23.6 Å². The van der Waals surface area contributed by atoms with Gasteiger partial charge >= 0.3 is 5.97 Å². The highest BCUT2D eigenvalue weighted by Gasteiger charge is 2.23. The minimum Gasteiger partial charge on any atom is -0.477 e. The van der Waals surface area contributed by atoms with Gasteiger partial charge < -0.3 is 14.4 Å². The summed E-state index contributed by atoms with van der Waals surface area (Å²) < 4.78 is 22.6. The van der Waals surface area contributed by atoms with Crippen molar-refractivity contribution in [2.24, 2.45) is 0 Å². The predicted octanol–water partition coefficient (Wildman–Crippen LogP) is 2.33. The van der Waals surface area contributed by atoms with Gasteiger partial charge in [0.15, 0.2) is 5.76 Å². The number of nitrogens with zero attached hydrogens (tertiary/aromatic N) is 1. The number of methoxy groups -OCH3 is 1. The molecule has 0 atom stereocenters. The molecule has 1 aromatic heterocycles. The minimum absolute atomic E-state index is 0.00975. The Kier molecular flexibility index (Phi) is 3.38. The Balaban J connectivity index is 2.50. The van der Waals surface area contributed by atoms with Crippen molar-refractivity contribution in [3.63, 3.8) is 0 Å². The maximum absolute atomic E-state index is 12.8. The van der Waals surface area contributed by atoms with Crippen LogP contribution in [0.1, 0.15) is 16.1 Å². The summed E-state index contributed by atoms with van der Waals surface area (Å²) in [6, 6.07) is 5.34. The van der Waals surface area contributed by atoms with E-state index in [9.17, 15) is 9.18 Å². The molecule has 2 aromatic rings. The molecule has 0 aliphatic rings. The van der Waals surface area contributed by atoms with E-state index >= 15 is 0 Å². The first-order valence-electron chi connectivity index (χ1n) is 5.10. The lowest BCUT2D eigenvalue weighted by atomic mass is 10.1. The van der Waals surface area contributed by atoms with Crippen LogP contribution in [0.5, 0.6) is 0 Å². The van der Waals surface area contributed by atoms with Gasteiger partial charge in [-0.25, -0.2) is 9.18 Å². The zero-order valence-electron chi connectivity index (χ0n) is 9.51. The number of aromatic carboxylic acids is 1. The van der Waals surface area contributed by atoms with Crippen LogP contribution in [0, 0.1) is 5.82 Å². The van der Waals surface area contributed by atoms with Crippen LogP contribution in [0.25, 0.3) is 11.3 Å². The molecular formula is C12H10FNO4. The number of rotatable bonds is 4. The summed E-state index contributed by atoms with van der Waals surface area (Å²) in [6.07, 6.45) is 0. The number of carboxylic acids is 1. The molecule has 5 nitrogen and oxygen atoms in total. The minimum atomic E-state index is -1.16. The zero-order chi connectivity index (χ0) is 13.1. The third-order valence-corrected chi connectivity index (χ3v) is 2.37. The summed E-state index contributed by atoms with van der Waals surface area (Å²) in [6.45, 7) is 0.00975. The summed E-state index contributed by atoms with van der Waals surface area (Å²) in [5.74, 6) is -1.44. The summed E-state index contributed by atoms with van der Waals surface area (Å²) in [4.78, 5) is 11.2. The molecule has 1 heterocycles. The van der Waals surface area contributed by atoms with Gasteiger partial charge in [-0.15, -0.1) is 0 Å². The van der Waals surface area contributed by atoms with Crippen LogP contribution in [0.3, 0.4) is 0 Å². The second-order valence-corrected chi connectivity index (χ2v) is 3.57. The molecule has 0 bridgehead atoms. The molecule has 2 rings (SSSR count). The number of hydrogen-bond acceptors (Lipinski definition) is 4. The average molecular weight is 251 g/mol. The van der Waals surface area contributed by atoms with Crippen LogP contribution >= 0.6 is 0 Å². The van der Waals surface area contributed by atoms with E-state index in [1.807, 2.05) is 0 Å². The van der Waals surface area contributed by atoms with Gasteiger partial charge in [-0.05, 0) is 24.3 Å². The summed E-state index contributed by atoms with van der Waals surface area (Å²) in [5.41, 5.74) is 0.568. The van der Waals surface area contributed by atoms with Crippen molar-refractivity contribution in [3.8, 4) is 11.3 Å². The lowest BCUT2D eigenvalue weighted by Crippen LogP contribution is -2.02. The zero-order valence-corrected chi connectivity index (χ0v) is 9.51. The number of halogens is 1. The number of hydrogen-bond donors (Lipinski definition) is 1. The molecule has 0 saturated heterocycles. The average Bonchev–Trinajstić information content (AvgIpc) is 2.74. The van der Waals surface area contributed by atoms with E-state index in [-0.39, 0.29) is 23.6 Å². The fraction of sp³-hybridized carbons (Fsp3) is 0.167. The third-order valence-electron chi connectivity index (χ3n) is 2.37. The molecular weight excluding hydrogens is 241 g/mol. The van der Waals surface area contributed by atoms with E-state index in [0.29, 0.717) is 5.56 Å². The van der Waals surface area contributed by atoms with Gasteiger partial charge in [0.25, 0.3) is 0 Å². The van der Waals surface area contributed by atoms with Crippen molar-refractivity contribution in [2.75, 3.05) is 7.11 Å².